The predicted molar refractivity (Wildman–Crippen MR) is 147 cm³/mol. The molecule has 3 aromatic heterocycles. The van der Waals surface area contributed by atoms with Crippen LogP contribution < -0.4 is 5.32 Å². The van der Waals surface area contributed by atoms with Gasteiger partial charge in [0.15, 0.2) is 0 Å². The number of hydrogen-bond donors (Lipinski definition) is 4. The van der Waals surface area contributed by atoms with E-state index in [1.165, 1.54) is 19.3 Å². The lowest BCUT2D eigenvalue weighted by molar-refractivity contribution is -0.137. The molecule has 3 heterocycles. The van der Waals surface area contributed by atoms with Crippen LogP contribution in [0.5, 0.6) is 5.75 Å². The quantitative estimate of drug-likeness (QED) is 0.202. The lowest BCUT2D eigenvalue weighted by Crippen LogP contribution is -2.38. The van der Waals surface area contributed by atoms with Crippen molar-refractivity contribution in [2.75, 3.05) is 0 Å². The van der Waals surface area contributed by atoms with Crippen LogP contribution in [0.2, 0.25) is 0 Å². The van der Waals surface area contributed by atoms with E-state index in [-0.39, 0.29) is 18.1 Å². The monoisotopic (exact) mass is 526 g/mol. The summed E-state index contributed by atoms with van der Waals surface area (Å²) in [6.07, 6.45) is 10.9. The Balaban J connectivity index is 1.29. The van der Waals surface area contributed by atoms with Gasteiger partial charge in [-0.25, -0.2) is 4.98 Å². The number of aromatic nitrogens is 3. The second kappa shape index (κ2) is 10.3. The molecule has 1 fully saturated rings. The first-order valence-corrected chi connectivity index (χ1v) is 13.3. The Morgan fingerprint density at radius 1 is 1.13 bits per heavy atom. The van der Waals surface area contributed by atoms with Crippen LogP contribution in [-0.2, 0) is 11.2 Å². The molecule has 0 aliphatic heterocycles. The highest BCUT2D eigenvalue weighted by Crippen LogP contribution is 2.36. The van der Waals surface area contributed by atoms with E-state index in [4.69, 9.17) is 9.40 Å². The minimum Gasteiger partial charge on any atom is -0.508 e. The van der Waals surface area contributed by atoms with Gasteiger partial charge < -0.3 is 29.5 Å². The van der Waals surface area contributed by atoms with Gasteiger partial charge in [-0.3, -0.25) is 9.59 Å². The molecule has 9 heteroatoms. The van der Waals surface area contributed by atoms with Crippen molar-refractivity contribution in [3.05, 3.63) is 72.3 Å². The average Bonchev–Trinajstić information content (AvgIpc) is 3.67. The zero-order valence-electron chi connectivity index (χ0n) is 21.4. The van der Waals surface area contributed by atoms with E-state index in [0.717, 1.165) is 46.2 Å². The molecule has 0 radical (unpaired) electrons. The van der Waals surface area contributed by atoms with E-state index in [1.54, 1.807) is 49.1 Å². The zero-order chi connectivity index (χ0) is 26.9. The first-order chi connectivity index (χ1) is 19.0. The molecule has 0 bridgehead atoms. The standard InChI is InChI=1S/C30H30N4O5/c35-23-7-8-25-24(15-23)20(16-31-25)12-21(14-28(36)37)32-30(38)18-6-9-27-26(13-18)33-29(19-10-11-39-17-19)34(27)22-4-2-1-3-5-22/h6-11,13,15-17,21-22,31,35H,1-5,12,14H2,(H,32,38)(H,36,37)/t21-/m0/s1. The normalized spacial score (nSPS) is 15.1. The molecular formula is C30H30N4O5. The molecule has 1 aliphatic rings. The number of aliphatic carboxylic acids is 1. The van der Waals surface area contributed by atoms with E-state index >= 15 is 0 Å². The highest BCUT2D eigenvalue weighted by molar-refractivity contribution is 5.98. The number of aromatic hydroxyl groups is 1. The molecule has 6 rings (SSSR count). The summed E-state index contributed by atoms with van der Waals surface area (Å²) < 4.78 is 7.62. The number of phenolic OH excluding ortho intramolecular Hbond substituents is 1. The molecule has 1 amide bonds. The van der Waals surface area contributed by atoms with Gasteiger partial charge in [0, 0.05) is 34.7 Å². The molecule has 1 saturated carbocycles. The first kappa shape index (κ1) is 24.8. The van der Waals surface area contributed by atoms with Crippen molar-refractivity contribution in [2.24, 2.45) is 0 Å². The van der Waals surface area contributed by atoms with Crippen LogP contribution in [0.4, 0.5) is 0 Å². The molecule has 1 atom stereocenters. The number of nitrogens with one attached hydrogen (secondary N) is 2. The molecular weight excluding hydrogens is 496 g/mol. The van der Waals surface area contributed by atoms with E-state index in [9.17, 15) is 19.8 Å². The molecule has 39 heavy (non-hydrogen) atoms. The number of aromatic amines is 1. The van der Waals surface area contributed by atoms with Gasteiger partial charge >= 0.3 is 5.97 Å². The number of benzene rings is 2. The summed E-state index contributed by atoms with van der Waals surface area (Å²) in [6.45, 7) is 0. The third-order valence-corrected chi connectivity index (χ3v) is 7.64. The van der Waals surface area contributed by atoms with Crippen LogP contribution in [-0.4, -0.2) is 42.7 Å². The number of nitrogens with zero attached hydrogens (tertiary/aromatic N) is 2. The maximum atomic E-state index is 13.3. The Hall–Kier alpha value is -4.53. The minimum absolute atomic E-state index is 0.123. The summed E-state index contributed by atoms with van der Waals surface area (Å²) in [5.41, 5.74) is 4.65. The van der Waals surface area contributed by atoms with Crippen molar-refractivity contribution < 1.29 is 24.2 Å². The van der Waals surface area contributed by atoms with Gasteiger partial charge in [0.2, 0.25) is 0 Å². The van der Waals surface area contributed by atoms with Crippen LogP contribution in [0, 0.1) is 0 Å². The van der Waals surface area contributed by atoms with Crippen LogP contribution in [0.3, 0.4) is 0 Å². The van der Waals surface area contributed by atoms with Crippen LogP contribution in [0.1, 0.15) is 60.5 Å². The molecule has 1 aliphatic carbocycles. The summed E-state index contributed by atoms with van der Waals surface area (Å²) in [4.78, 5) is 33.0. The van der Waals surface area contributed by atoms with Crippen molar-refractivity contribution in [1.82, 2.24) is 19.9 Å². The van der Waals surface area contributed by atoms with Gasteiger partial charge in [-0.05, 0) is 67.3 Å². The van der Waals surface area contributed by atoms with Crippen molar-refractivity contribution in [2.45, 2.75) is 57.0 Å². The first-order valence-electron chi connectivity index (χ1n) is 13.3. The molecule has 9 nitrogen and oxygen atoms in total. The number of carboxylic acids is 1. The third-order valence-electron chi connectivity index (χ3n) is 7.64. The van der Waals surface area contributed by atoms with Gasteiger partial charge in [-0.2, -0.15) is 0 Å². The van der Waals surface area contributed by atoms with Gasteiger partial charge in [-0.15, -0.1) is 0 Å². The summed E-state index contributed by atoms with van der Waals surface area (Å²) >= 11 is 0. The molecule has 200 valence electrons. The summed E-state index contributed by atoms with van der Waals surface area (Å²) in [7, 11) is 0. The largest absolute Gasteiger partial charge is 0.508 e. The highest BCUT2D eigenvalue weighted by atomic mass is 16.4. The highest BCUT2D eigenvalue weighted by Gasteiger charge is 2.24. The molecule has 0 saturated heterocycles. The number of carboxylic acid groups (broad SMARTS) is 1. The maximum absolute atomic E-state index is 13.3. The van der Waals surface area contributed by atoms with E-state index in [2.05, 4.69) is 14.9 Å². The number of phenols is 1. The number of furan rings is 1. The molecule has 0 unspecified atom stereocenters. The number of carbonyl (C=O) groups excluding carboxylic acids is 1. The number of hydrogen-bond acceptors (Lipinski definition) is 5. The Morgan fingerprint density at radius 3 is 2.74 bits per heavy atom. The predicted octanol–water partition coefficient (Wildman–Crippen LogP) is 5.80. The van der Waals surface area contributed by atoms with E-state index < -0.39 is 12.0 Å². The van der Waals surface area contributed by atoms with Gasteiger partial charge in [-0.1, -0.05) is 19.3 Å². The fourth-order valence-corrected chi connectivity index (χ4v) is 5.80. The average molecular weight is 527 g/mol. The smallest absolute Gasteiger partial charge is 0.305 e. The van der Waals surface area contributed by atoms with Gasteiger partial charge in [0.05, 0.1) is 29.3 Å². The number of amides is 1. The van der Waals surface area contributed by atoms with E-state index in [0.29, 0.717) is 23.5 Å². The third kappa shape index (κ3) is 4.99. The lowest BCUT2D eigenvalue weighted by atomic mass is 9.95. The van der Waals surface area contributed by atoms with Crippen LogP contribution in [0.15, 0.2) is 65.6 Å². The van der Waals surface area contributed by atoms with Crippen molar-refractivity contribution in [3.63, 3.8) is 0 Å². The minimum atomic E-state index is -1.01. The van der Waals surface area contributed by atoms with Crippen molar-refractivity contribution in [1.29, 1.82) is 0 Å². The Labute approximate surface area is 224 Å². The zero-order valence-corrected chi connectivity index (χ0v) is 21.4. The Kier molecular flexibility index (Phi) is 6.56. The molecule has 0 spiro atoms. The SMILES string of the molecule is O=C(O)C[C@H](Cc1c[nH]c2ccc(O)cc12)NC(=O)c1ccc2c(c1)nc(-c1ccoc1)n2C1CCCCC1. The number of rotatable bonds is 8. The van der Waals surface area contributed by atoms with Gasteiger partial charge in [0.25, 0.3) is 5.91 Å². The molecule has 2 aromatic carbocycles. The van der Waals surface area contributed by atoms with Crippen LogP contribution in [0.25, 0.3) is 33.3 Å². The van der Waals surface area contributed by atoms with Crippen molar-refractivity contribution >= 4 is 33.8 Å². The van der Waals surface area contributed by atoms with E-state index in [1.807, 2.05) is 12.1 Å². The summed E-state index contributed by atoms with van der Waals surface area (Å²) in [6, 6.07) is 12.1. The molecule has 5 aromatic rings. The number of carbonyl (C=O) groups is 2. The second-order valence-corrected chi connectivity index (χ2v) is 10.3. The maximum Gasteiger partial charge on any atom is 0.305 e. The second-order valence-electron chi connectivity index (χ2n) is 10.3. The number of imidazole rings is 1. The fourth-order valence-electron chi connectivity index (χ4n) is 5.80. The number of fused-ring (bicyclic) bond motifs is 2. The van der Waals surface area contributed by atoms with Crippen molar-refractivity contribution in [3.8, 4) is 17.1 Å². The van der Waals surface area contributed by atoms with Crippen LogP contribution >= 0.6 is 0 Å². The fraction of sp³-hybridized carbons (Fsp3) is 0.300. The topological polar surface area (TPSA) is 133 Å². The Bertz CT molecular complexity index is 1640. The molecule has 4 N–H and O–H groups in total. The van der Waals surface area contributed by atoms with Gasteiger partial charge in [0.1, 0.15) is 17.8 Å². The number of H-pyrrole nitrogens is 1. The lowest BCUT2D eigenvalue weighted by Gasteiger charge is -2.25. The summed E-state index contributed by atoms with van der Waals surface area (Å²) in [5.74, 6) is -0.412. The Morgan fingerprint density at radius 2 is 1.97 bits per heavy atom. The summed E-state index contributed by atoms with van der Waals surface area (Å²) in [5, 5.41) is 23.1.